The second-order valence-corrected chi connectivity index (χ2v) is 8.74. The lowest BCUT2D eigenvalue weighted by molar-refractivity contribution is -0.147. The van der Waals surface area contributed by atoms with E-state index in [0.29, 0.717) is 0 Å². The van der Waals surface area contributed by atoms with Gasteiger partial charge in [0.2, 0.25) is 0 Å². The number of aromatic amines is 1. The van der Waals surface area contributed by atoms with Crippen molar-refractivity contribution in [3.63, 3.8) is 0 Å². The summed E-state index contributed by atoms with van der Waals surface area (Å²) in [4.78, 5) is 24.2. The topological polar surface area (TPSA) is 115 Å². The van der Waals surface area contributed by atoms with E-state index in [-0.39, 0.29) is 29.8 Å². The minimum Gasteiger partial charge on any atom is -0.479 e. The van der Waals surface area contributed by atoms with Crippen LogP contribution in [0.2, 0.25) is 0 Å². The van der Waals surface area contributed by atoms with Gasteiger partial charge in [-0.15, -0.1) is 0 Å². The maximum absolute atomic E-state index is 13.4. The quantitative estimate of drug-likeness (QED) is 0.248. The average Bonchev–Trinajstić information content (AvgIpc) is 3.39. The maximum Gasteiger partial charge on any atom is 0.417 e. The van der Waals surface area contributed by atoms with Gasteiger partial charge in [0.1, 0.15) is 5.69 Å². The van der Waals surface area contributed by atoms with Crippen LogP contribution in [0.15, 0.2) is 84.9 Å². The zero-order valence-electron chi connectivity index (χ0n) is 19.9. The van der Waals surface area contributed by atoms with Gasteiger partial charge in [-0.3, -0.25) is 9.89 Å². The molecule has 0 radical (unpaired) electrons. The molecular weight excluding hydrogens is 499 g/mol. The van der Waals surface area contributed by atoms with Crippen molar-refractivity contribution in [1.29, 1.82) is 0 Å². The molecule has 2 atom stereocenters. The third kappa shape index (κ3) is 6.46. The zero-order valence-corrected chi connectivity index (χ0v) is 19.9. The first-order valence-corrected chi connectivity index (χ1v) is 11.7. The molecule has 0 spiro atoms. The van der Waals surface area contributed by atoms with Crippen LogP contribution in [0.5, 0.6) is 0 Å². The first-order chi connectivity index (χ1) is 18.1. The first kappa shape index (κ1) is 26.6. The summed E-state index contributed by atoms with van der Waals surface area (Å²) < 4.78 is 40.2. The molecular formula is C28H24F3N3O4. The second kappa shape index (κ2) is 11.3. The van der Waals surface area contributed by atoms with Crippen LogP contribution in [0.4, 0.5) is 13.2 Å². The van der Waals surface area contributed by atoms with E-state index in [0.717, 1.165) is 22.8 Å². The average molecular weight is 524 g/mol. The van der Waals surface area contributed by atoms with E-state index in [1.807, 2.05) is 54.6 Å². The van der Waals surface area contributed by atoms with Gasteiger partial charge in [0, 0.05) is 18.0 Å². The summed E-state index contributed by atoms with van der Waals surface area (Å²) in [6.45, 7) is 0. The number of halogens is 3. The summed E-state index contributed by atoms with van der Waals surface area (Å²) in [5, 5.41) is 28.1. The van der Waals surface area contributed by atoms with Crippen molar-refractivity contribution in [2.75, 3.05) is 0 Å². The SMILES string of the molecule is O=C(NC(Cc1ccc(-c2ccccc2)cc1)C[C@@H](O)C(=O)O)c1cc(-c2ccccc2C(F)(F)F)n[nH]1. The smallest absolute Gasteiger partial charge is 0.417 e. The zero-order chi connectivity index (χ0) is 27.3. The van der Waals surface area contributed by atoms with Crippen LogP contribution in [0, 0.1) is 0 Å². The Bertz CT molecular complexity index is 1400. The molecule has 0 aliphatic heterocycles. The maximum atomic E-state index is 13.4. The monoisotopic (exact) mass is 523 g/mol. The molecule has 0 saturated heterocycles. The predicted molar refractivity (Wildman–Crippen MR) is 134 cm³/mol. The number of nitrogens with zero attached hydrogens (tertiary/aromatic N) is 1. The lowest BCUT2D eigenvalue weighted by Gasteiger charge is -2.20. The number of benzene rings is 3. The number of aliphatic carboxylic acids is 1. The van der Waals surface area contributed by atoms with Crippen LogP contribution < -0.4 is 5.32 Å². The molecule has 4 rings (SSSR count). The number of hydrogen-bond acceptors (Lipinski definition) is 4. The van der Waals surface area contributed by atoms with Gasteiger partial charge < -0.3 is 15.5 Å². The number of rotatable bonds is 9. The lowest BCUT2D eigenvalue weighted by atomic mass is 9.97. The van der Waals surface area contributed by atoms with Gasteiger partial charge in [0.05, 0.1) is 11.3 Å². The normalized spacial score (nSPS) is 13.1. The molecule has 0 aliphatic carbocycles. The number of amides is 1. The van der Waals surface area contributed by atoms with Crippen molar-refractivity contribution in [2.45, 2.75) is 31.2 Å². The number of aromatic nitrogens is 2. The van der Waals surface area contributed by atoms with E-state index in [2.05, 4.69) is 15.5 Å². The highest BCUT2D eigenvalue weighted by molar-refractivity contribution is 5.93. The number of carboxylic acids is 1. The molecule has 1 aromatic heterocycles. The molecule has 3 aromatic carbocycles. The number of carbonyl (C=O) groups excluding carboxylic acids is 1. The number of nitrogens with one attached hydrogen (secondary N) is 2. The van der Waals surface area contributed by atoms with E-state index in [9.17, 15) is 27.9 Å². The van der Waals surface area contributed by atoms with Gasteiger partial charge in [-0.1, -0.05) is 72.8 Å². The summed E-state index contributed by atoms with van der Waals surface area (Å²) >= 11 is 0. The molecule has 0 fully saturated rings. The van der Waals surface area contributed by atoms with Crippen molar-refractivity contribution in [3.05, 3.63) is 102 Å². The number of aliphatic hydroxyl groups is 1. The van der Waals surface area contributed by atoms with Gasteiger partial charge in [-0.05, 0) is 35.2 Å². The molecule has 38 heavy (non-hydrogen) atoms. The fraction of sp³-hybridized carbons (Fsp3) is 0.179. The van der Waals surface area contributed by atoms with E-state index in [1.54, 1.807) is 0 Å². The molecule has 0 aliphatic rings. The highest BCUT2D eigenvalue weighted by Crippen LogP contribution is 2.36. The summed E-state index contributed by atoms with van der Waals surface area (Å²) in [5.74, 6) is -2.13. The molecule has 1 unspecified atom stereocenters. The molecule has 7 nitrogen and oxygen atoms in total. The summed E-state index contributed by atoms with van der Waals surface area (Å²) in [7, 11) is 0. The molecule has 10 heteroatoms. The fourth-order valence-corrected chi connectivity index (χ4v) is 4.10. The molecule has 0 saturated carbocycles. The Kier molecular flexibility index (Phi) is 7.92. The van der Waals surface area contributed by atoms with Crippen LogP contribution in [-0.2, 0) is 17.4 Å². The molecule has 1 amide bonds. The lowest BCUT2D eigenvalue weighted by Crippen LogP contribution is -2.40. The van der Waals surface area contributed by atoms with Gasteiger partial charge in [0.25, 0.3) is 5.91 Å². The standard InChI is InChI=1S/C28H24F3N3O4/c29-28(30,31)22-9-5-4-8-21(22)23-16-24(34-33-23)26(36)32-20(15-25(35)27(37)38)14-17-10-12-19(13-11-17)18-6-2-1-3-7-18/h1-13,16,20,25,35H,14-15H2,(H,32,36)(H,33,34)(H,37,38)/t20?,25-/m1/s1. The largest absolute Gasteiger partial charge is 0.479 e. The third-order valence-electron chi connectivity index (χ3n) is 6.00. The van der Waals surface area contributed by atoms with Crippen LogP contribution in [0.25, 0.3) is 22.4 Å². The van der Waals surface area contributed by atoms with Crippen LogP contribution in [0.3, 0.4) is 0 Å². The van der Waals surface area contributed by atoms with Crippen LogP contribution >= 0.6 is 0 Å². The van der Waals surface area contributed by atoms with Gasteiger partial charge in [0.15, 0.2) is 6.10 Å². The Morgan fingerprint density at radius 3 is 2.21 bits per heavy atom. The van der Waals surface area contributed by atoms with Gasteiger partial charge in [-0.25, -0.2) is 4.79 Å². The molecule has 4 N–H and O–H groups in total. The molecule has 4 aromatic rings. The molecule has 196 valence electrons. The van der Waals surface area contributed by atoms with E-state index < -0.39 is 35.8 Å². The Labute approximate surface area is 216 Å². The predicted octanol–water partition coefficient (Wildman–Crippen LogP) is 4.94. The summed E-state index contributed by atoms with van der Waals surface area (Å²) in [6.07, 6.45) is -6.39. The van der Waals surface area contributed by atoms with Crippen LogP contribution in [-0.4, -0.2) is 44.4 Å². The Morgan fingerprint density at radius 1 is 0.921 bits per heavy atom. The number of carbonyl (C=O) groups is 2. The number of carboxylic acid groups (broad SMARTS) is 1. The minimum atomic E-state index is -4.61. The Balaban J connectivity index is 1.52. The van der Waals surface area contributed by atoms with Crippen molar-refractivity contribution in [3.8, 4) is 22.4 Å². The summed E-state index contributed by atoms with van der Waals surface area (Å²) in [6, 6.07) is 22.5. The van der Waals surface area contributed by atoms with E-state index in [1.165, 1.54) is 24.3 Å². The number of hydrogen-bond donors (Lipinski definition) is 4. The Morgan fingerprint density at radius 2 is 1.55 bits per heavy atom. The highest BCUT2D eigenvalue weighted by Gasteiger charge is 2.34. The highest BCUT2D eigenvalue weighted by atomic mass is 19.4. The summed E-state index contributed by atoms with van der Waals surface area (Å²) in [5.41, 5.74) is 1.54. The van der Waals surface area contributed by atoms with Crippen LogP contribution in [0.1, 0.15) is 28.0 Å². The molecule has 1 heterocycles. The number of H-pyrrole nitrogens is 1. The Hall–Kier alpha value is -4.44. The van der Waals surface area contributed by atoms with E-state index in [4.69, 9.17) is 5.11 Å². The fourth-order valence-electron chi connectivity index (χ4n) is 4.10. The number of alkyl halides is 3. The van der Waals surface area contributed by atoms with Crippen molar-refractivity contribution >= 4 is 11.9 Å². The second-order valence-electron chi connectivity index (χ2n) is 8.74. The third-order valence-corrected chi connectivity index (χ3v) is 6.00. The van der Waals surface area contributed by atoms with E-state index >= 15 is 0 Å². The van der Waals surface area contributed by atoms with Gasteiger partial charge >= 0.3 is 12.1 Å². The van der Waals surface area contributed by atoms with Crippen molar-refractivity contribution < 1.29 is 33.0 Å². The first-order valence-electron chi connectivity index (χ1n) is 11.7. The van der Waals surface area contributed by atoms with Gasteiger partial charge in [-0.2, -0.15) is 18.3 Å². The van der Waals surface area contributed by atoms with Crippen molar-refractivity contribution in [1.82, 2.24) is 15.5 Å². The minimum absolute atomic E-state index is 0.0679. The number of aliphatic hydroxyl groups excluding tert-OH is 1. The molecule has 0 bridgehead atoms. The van der Waals surface area contributed by atoms with Crippen molar-refractivity contribution in [2.24, 2.45) is 0 Å².